The van der Waals surface area contributed by atoms with Crippen molar-refractivity contribution in [1.82, 2.24) is 5.32 Å². The van der Waals surface area contributed by atoms with Crippen LogP contribution in [-0.2, 0) is 12.3 Å². The minimum Gasteiger partial charge on any atom is -0.493 e. The second-order valence-corrected chi connectivity index (χ2v) is 5.52. The van der Waals surface area contributed by atoms with E-state index in [1.54, 1.807) is 12.1 Å². The molecule has 2 aliphatic rings. The molecule has 0 saturated carbocycles. The summed E-state index contributed by atoms with van der Waals surface area (Å²) in [5, 5.41) is 3.21. The predicted molar refractivity (Wildman–Crippen MR) is 69.7 cm³/mol. The van der Waals surface area contributed by atoms with Crippen LogP contribution < -0.4 is 10.1 Å². The summed E-state index contributed by atoms with van der Waals surface area (Å²) < 4.78 is 34.1. The first-order chi connectivity index (χ1) is 9.15. The number of nitrogens with one attached hydrogen (secondary N) is 1. The molecule has 0 radical (unpaired) electrons. The quantitative estimate of drug-likeness (QED) is 0.908. The SMILES string of the molecule is FC(F)(CC1CCNCC1)c1ccc2c(c1)CCO2. The molecule has 19 heavy (non-hydrogen) atoms. The molecule has 4 heteroatoms. The standard InChI is InChI=1S/C15H19F2NO/c16-15(17,10-11-3-6-18-7-4-11)13-1-2-14-12(9-13)5-8-19-14/h1-2,9,11,18H,3-8,10H2. The molecule has 2 nitrogen and oxygen atoms in total. The van der Waals surface area contributed by atoms with Crippen LogP contribution in [0.2, 0.25) is 0 Å². The molecule has 0 spiro atoms. The smallest absolute Gasteiger partial charge is 0.273 e. The molecule has 0 amide bonds. The van der Waals surface area contributed by atoms with Crippen molar-refractivity contribution >= 4 is 0 Å². The predicted octanol–water partition coefficient (Wildman–Crippen LogP) is 3.10. The van der Waals surface area contributed by atoms with Gasteiger partial charge in [0.25, 0.3) is 5.92 Å². The van der Waals surface area contributed by atoms with Crippen LogP contribution in [0.5, 0.6) is 5.75 Å². The van der Waals surface area contributed by atoms with E-state index in [2.05, 4.69) is 5.32 Å². The Morgan fingerprint density at radius 1 is 1.26 bits per heavy atom. The summed E-state index contributed by atoms with van der Waals surface area (Å²) in [5.41, 5.74) is 1.07. The molecule has 2 aliphatic heterocycles. The van der Waals surface area contributed by atoms with Crippen LogP contribution in [0.1, 0.15) is 30.4 Å². The van der Waals surface area contributed by atoms with Gasteiger partial charge >= 0.3 is 0 Å². The first-order valence-corrected chi connectivity index (χ1v) is 7.00. The molecule has 1 N–H and O–H groups in total. The second kappa shape index (κ2) is 5.08. The fourth-order valence-electron chi connectivity index (χ4n) is 2.98. The number of alkyl halides is 2. The number of hydrogen-bond donors (Lipinski definition) is 1. The molecule has 1 aromatic rings. The molecular formula is C15H19F2NO. The molecule has 1 fully saturated rings. The van der Waals surface area contributed by atoms with Crippen LogP contribution in [-0.4, -0.2) is 19.7 Å². The van der Waals surface area contributed by atoms with E-state index in [4.69, 9.17) is 4.74 Å². The van der Waals surface area contributed by atoms with E-state index in [0.717, 1.165) is 43.7 Å². The van der Waals surface area contributed by atoms with Gasteiger partial charge in [-0.15, -0.1) is 0 Å². The number of fused-ring (bicyclic) bond motifs is 1. The van der Waals surface area contributed by atoms with Gasteiger partial charge in [0.15, 0.2) is 0 Å². The third-order valence-electron chi connectivity index (χ3n) is 4.12. The Hall–Kier alpha value is -1.16. The lowest BCUT2D eigenvalue weighted by Gasteiger charge is -2.27. The Kier molecular flexibility index (Phi) is 3.44. The number of benzene rings is 1. The Bertz CT molecular complexity index is 455. The molecule has 0 unspecified atom stereocenters. The van der Waals surface area contributed by atoms with Gasteiger partial charge in [0.1, 0.15) is 5.75 Å². The largest absolute Gasteiger partial charge is 0.493 e. The molecule has 0 atom stereocenters. The lowest BCUT2D eigenvalue weighted by Crippen LogP contribution is -2.30. The molecule has 104 valence electrons. The summed E-state index contributed by atoms with van der Waals surface area (Å²) in [4.78, 5) is 0. The second-order valence-electron chi connectivity index (χ2n) is 5.52. The van der Waals surface area contributed by atoms with Crippen molar-refractivity contribution < 1.29 is 13.5 Å². The first-order valence-electron chi connectivity index (χ1n) is 7.00. The Morgan fingerprint density at radius 3 is 2.84 bits per heavy atom. The minimum atomic E-state index is -2.72. The van der Waals surface area contributed by atoms with Crippen molar-refractivity contribution in [2.75, 3.05) is 19.7 Å². The minimum absolute atomic E-state index is 0.0334. The van der Waals surface area contributed by atoms with Gasteiger partial charge in [0.05, 0.1) is 6.61 Å². The third-order valence-corrected chi connectivity index (χ3v) is 4.12. The summed E-state index contributed by atoms with van der Waals surface area (Å²) >= 11 is 0. The molecule has 0 aliphatic carbocycles. The zero-order chi connectivity index (χ0) is 13.3. The Balaban J connectivity index is 1.75. The highest BCUT2D eigenvalue weighted by atomic mass is 19.3. The van der Waals surface area contributed by atoms with Gasteiger partial charge in [-0.3, -0.25) is 0 Å². The summed E-state index contributed by atoms with van der Waals surface area (Å²) in [6.45, 7) is 2.33. The van der Waals surface area contributed by atoms with Crippen LogP contribution in [0.25, 0.3) is 0 Å². The Morgan fingerprint density at radius 2 is 2.05 bits per heavy atom. The van der Waals surface area contributed by atoms with Crippen LogP contribution >= 0.6 is 0 Å². The summed E-state index contributed by atoms with van der Waals surface area (Å²) in [5.74, 6) is -1.83. The van der Waals surface area contributed by atoms with E-state index < -0.39 is 5.92 Å². The van der Waals surface area contributed by atoms with Crippen LogP contribution in [0.4, 0.5) is 8.78 Å². The molecule has 0 bridgehead atoms. The van der Waals surface area contributed by atoms with Crippen molar-refractivity contribution in [2.24, 2.45) is 5.92 Å². The van der Waals surface area contributed by atoms with Crippen molar-refractivity contribution in [1.29, 1.82) is 0 Å². The monoisotopic (exact) mass is 267 g/mol. The van der Waals surface area contributed by atoms with E-state index in [-0.39, 0.29) is 17.9 Å². The average molecular weight is 267 g/mol. The van der Waals surface area contributed by atoms with Gasteiger partial charge in [0.2, 0.25) is 0 Å². The zero-order valence-corrected chi connectivity index (χ0v) is 10.9. The van der Waals surface area contributed by atoms with E-state index in [1.807, 2.05) is 0 Å². The normalized spacial score (nSPS) is 20.1. The van der Waals surface area contributed by atoms with Gasteiger partial charge in [-0.25, -0.2) is 8.78 Å². The number of ether oxygens (including phenoxy) is 1. The highest BCUT2D eigenvalue weighted by Gasteiger charge is 2.35. The van der Waals surface area contributed by atoms with E-state index in [1.165, 1.54) is 6.07 Å². The highest BCUT2D eigenvalue weighted by molar-refractivity contribution is 5.41. The molecule has 3 rings (SSSR count). The number of rotatable bonds is 3. The van der Waals surface area contributed by atoms with Crippen molar-refractivity contribution in [2.45, 2.75) is 31.6 Å². The van der Waals surface area contributed by atoms with Crippen LogP contribution in [0, 0.1) is 5.92 Å². The molecule has 0 aromatic heterocycles. The number of piperidine rings is 1. The average Bonchev–Trinajstić information content (AvgIpc) is 2.86. The third kappa shape index (κ3) is 2.73. The van der Waals surface area contributed by atoms with Crippen molar-refractivity contribution in [3.05, 3.63) is 29.3 Å². The van der Waals surface area contributed by atoms with E-state index in [0.29, 0.717) is 6.61 Å². The van der Waals surface area contributed by atoms with E-state index >= 15 is 0 Å². The maximum absolute atomic E-state index is 14.3. The maximum atomic E-state index is 14.3. The molecule has 1 saturated heterocycles. The summed E-state index contributed by atoms with van der Waals surface area (Å²) in [7, 11) is 0. The van der Waals surface area contributed by atoms with Gasteiger partial charge in [0, 0.05) is 18.4 Å². The number of hydrogen-bond acceptors (Lipinski definition) is 2. The lowest BCUT2D eigenvalue weighted by molar-refractivity contribution is -0.0326. The fraction of sp³-hybridized carbons (Fsp3) is 0.600. The van der Waals surface area contributed by atoms with Gasteiger partial charge in [-0.1, -0.05) is 0 Å². The first kappa shape index (κ1) is 12.9. The zero-order valence-electron chi connectivity index (χ0n) is 10.9. The summed E-state index contributed by atoms with van der Waals surface area (Å²) in [6.07, 6.45) is 2.41. The highest BCUT2D eigenvalue weighted by Crippen LogP contribution is 2.39. The lowest BCUT2D eigenvalue weighted by atomic mass is 9.88. The fourth-order valence-corrected chi connectivity index (χ4v) is 2.98. The number of halogens is 2. The van der Waals surface area contributed by atoms with Crippen molar-refractivity contribution in [3.63, 3.8) is 0 Å². The van der Waals surface area contributed by atoms with E-state index in [9.17, 15) is 8.78 Å². The van der Waals surface area contributed by atoms with Crippen LogP contribution in [0.3, 0.4) is 0 Å². The summed E-state index contributed by atoms with van der Waals surface area (Å²) in [6, 6.07) is 4.84. The Labute approximate surface area is 112 Å². The molecule has 1 aromatic carbocycles. The van der Waals surface area contributed by atoms with Gasteiger partial charge in [-0.2, -0.15) is 0 Å². The molecular weight excluding hydrogens is 248 g/mol. The molecule has 2 heterocycles. The maximum Gasteiger partial charge on any atom is 0.273 e. The van der Waals surface area contributed by atoms with Crippen LogP contribution in [0.15, 0.2) is 18.2 Å². The van der Waals surface area contributed by atoms with Gasteiger partial charge < -0.3 is 10.1 Å². The van der Waals surface area contributed by atoms with Crippen molar-refractivity contribution in [3.8, 4) is 5.75 Å². The topological polar surface area (TPSA) is 21.3 Å². The van der Waals surface area contributed by atoms with Gasteiger partial charge in [-0.05, 0) is 55.6 Å².